The molecule has 1 aliphatic carbocycles. The summed E-state index contributed by atoms with van der Waals surface area (Å²) in [5.41, 5.74) is 1.05. The molecule has 7 nitrogen and oxygen atoms in total. The molecular formula is C12H13N5O2. The van der Waals surface area contributed by atoms with Crippen molar-refractivity contribution in [2.24, 2.45) is 0 Å². The predicted octanol–water partition coefficient (Wildman–Crippen LogP) is 1.91. The van der Waals surface area contributed by atoms with Crippen LogP contribution in [0.3, 0.4) is 0 Å². The average Bonchev–Trinajstić information content (AvgIpc) is 2.75. The fraction of sp³-hybridized carbons (Fsp3) is 0.333. The van der Waals surface area contributed by atoms with E-state index in [2.05, 4.69) is 25.5 Å². The Balaban J connectivity index is 1.75. The minimum Gasteiger partial charge on any atom is -0.477 e. The Morgan fingerprint density at radius 2 is 2.32 bits per heavy atom. The first-order chi connectivity index (χ1) is 9.22. The van der Waals surface area contributed by atoms with E-state index in [1.807, 2.05) is 6.07 Å². The van der Waals surface area contributed by atoms with Crippen molar-refractivity contribution in [1.82, 2.24) is 20.2 Å². The van der Waals surface area contributed by atoms with Gasteiger partial charge in [-0.3, -0.25) is 5.10 Å². The molecule has 0 amide bonds. The summed E-state index contributed by atoms with van der Waals surface area (Å²) in [5.74, 6) is 0.313. The van der Waals surface area contributed by atoms with Gasteiger partial charge in [0.2, 0.25) is 5.95 Å². The van der Waals surface area contributed by atoms with Gasteiger partial charge in [0.25, 0.3) is 0 Å². The highest BCUT2D eigenvalue weighted by Crippen LogP contribution is 2.35. The minimum atomic E-state index is -1.08. The summed E-state index contributed by atoms with van der Waals surface area (Å²) >= 11 is 0. The molecule has 0 unspecified atom stereocenters. The molecule has 1 fully saturated rings. The van der Waals surface area contributed by atoms with Gasteiger partial charge in [-0.1, -0.05) is 6.42 Å². The molecule has 1 saturated carbocycles. The number of nitrogens with zero attached hydrogens (tertiary/aromatic N) is 3. The highest BCUT2D eigenvalue weighted by molar-refractivity contribution is 5.85. The van der Waals surface area contributed by atoms with Crippen molar-refractivity contribution in [2.45, 2.75) is 25.2 Å². The van der Waals surface area contributed by atoms with E-state index < -0.39 is 5.97 Å². The van der Waals surface area contributed by atoms with Gasteiger partial charge in [0.1, 0.15) is 0 Å². The van der Waals surface area contributed by atoms with Crippen LogP contribution in [0.2, 0.25) is 0 Å². The Morgan fingerprint density at radius 3 is 3.00 bits per heavy atom. The second-order valence-corrected chi connectivity index (χ2v) is 4.53. The lowest BCUT2D eigenvalue weighted by atomic mass is 9.83. The van der Waals surface area contributed by atoms with E-state index in [0.29, 0.717) is 11.7 Å². The van der Waals surface area contributed by atoms with Crippen LogP contribution in [0.4, 0.5) is 11.8 Å². The fourth-order valence-electron chi connectivity index (χ4n) is 1.98. The molecule has 0 radical (unpaired) electrons. The van der Waals surface area contributed by atoms with Gasteiger partial charge in [-0.25, -0.2) is 14.8 Å². The van der Waals surface area contributed by atoms with Gasteiger partial charge < -0.3 is 10.4 Å². The van der Waals surface area contributed by atoms with Crippen molar-refractivity contribution in [1.29, 1.82) is 0 Å². The number of carbonyl (C=O) groups is 1. The van der Waals surface area contributed by atoms with Crippen LogP contribution in [-0.4, -0.2) is 31.2 Å². The first-order valence-corrected chi connectivity index (χ1v) is 6.11. The second kappa shape index (κ2) is 4.68. The number of nitrogens with one attached hydrogen (secondary N) is 2. The summed E-state index contributed by atoms with van der Waals surface area (Å²) in [4.78, 5) is 18.7. The topological polar surface area (TPSA) is 104 Å². The quantitative estimate of drug-likeness (QED) is 0.774. The van der Waals surface area contributed by atoms with Gasteiger partial charge in [0.15, 0.2) is 11.5 Å². The number of anilines is 2. The lowest BCUT2D eigenvalue weighted by Gasteiger charge is -2.23. The van der Waals surface area contributed by atoms with Crippen molar-refractivity contribution in [3.05, 3.63) is 29.7 Å². The van der Waals surface area contributed by atoms with Gasteiger partial charge >= 0.3 is 5.97 Å². The maximum absolute atomic E-state index is 10.8. The predicted molar refractivity (Wildman–Crippen MR) is 67.5 cm³/mol. The summed E-state index contributed by atoms with van der Waals surface area (Å²) in [6, 6.07) is 3.26. The zero-order valence-electron chi connectivity index (χ0n) is 10.1. The van der Waals surface area contributed by atoms with E-state index in [0.717, 1.165) is 5.69 Å². The number of carboxylic acids is 1. The molecule has 0 spiro atoms. The molecule has 3 rings (SSSR count). The van der Waals surface area contributed by atoms with Gasteiger partial charge in [-0.15, -0.1) is 0 Å². The minimum absolute atomic E-state index is 0.0488. The third kappa shape index (κ3) is 2.40. The van der Waals surface area contributed by atoms with Crippen LogP contribution in [0.25, 0.3) is 0 Å². The Labute approximate surface area is 109 Å². The molecule has 0 saturated heterocycles. The van der Waals surface area contributed by atoms with Crippen LogP contribution in [0.1, 0.15) is 41.4 Å². The number of rotatable bonds is 4. The van der Waals surface area contributed by atoms with E-state index in [4.69, 9.17) is 5.11 Å². The maximum atomic E-state index is 10.8. The number of aromatic carboxylic acids is 1. The molecule has 0 aliphatic heterocycles. The van der Waals surface area contributed by atoms with Crippen LogP contribution in [0, 0.1) is 0 Å². The fourth-order valence-corrected chi connectivity index (χ4v) is 1.98. The molecule has 98 valence electrons. The van der Waals surface area contributed by atoms with Crippen molar-refractivity contribution in [2.75, 3.05) is 5.32 Å². The monoisotopic (exact) mass is 259 g/mol. The molecule has 2 heterocycles. The molecule has 2 aromatic heterocycles. The number of carboxylic acid groups (broad SMARTS) is 1. The zero-order chi connectivity index (χ0) is 13.2. The first kappa shape index (κ1) is 11.6. The van der Waals surface area contributed by atoms with Gasteiger partial charge in [-0.2, -0.15) is 5.10 Å². The Kier molecular flexibility index (Phi) is 2.86. The van der Waals surface area contributed by atoms with Gasteiger partial charge in [-0.05, 0) is 18.9 Å². The molecule has 2 aromatic rings. The smallest absolute Gasteiger partial charge is 0.354 e. The molecular weight excluding hydrogens is 246 g/mol. The Morgan fingerprint density at radius 1 is 1.47 bits per heavy atom. The summed E-state index contributed by atoms with van der Waals surface area (Å²) in [6.07, 6.45) is 5.04. The molecule has 1 aliphatic rings. The molecule has 7 heteroatoms. The van der Waals surface area contributed by atoms with Crippen molar-refractivity contribution in [3.8, 4) is 0 Å². The van der Waals surface area contributed by atoms with Crippen LogP contribution in [0.5, 0.6) is 0 Å². The number of H-pyrrole nitrogens is 1. The molecule has 19 heavy (non-hydrogen) atoms. The number of aromatic amines is 1. The molecule has 0 aromatic carbocycles. The van der Waals surface area contributed by atoms with Gasteiger partial charge in [0.05, 0.1) is 0 Å². The summed E-state index contributed by atoms with van der Waals surface area (Å²) in [7, 11) is 0. The van der Waals surface area contributed by atoms with Crippen molar-refractivity contribution < 1.29 is 9.90 Å². The van der Waals surface area contributed by atoms with E-state index in [1.54, 1.807) is 0 Å². The molecule has 0 bridgehead atoms. The average molecular weight is 259 g/mol. The molecule has 3 N–H and O–H groups in total. The third-order valence-electron chi connectivity index (χ3n) is 3.26. The Hall–Kier alpha value is -2.44. The summed E-state index contributed by atoms with van der Waals surface area (Å²) in [6.45, 7) is 0. The van der Waals surface area contributed by atoms with Crippen LogP contribution in [0.15, 0.2) is 18.3 Å². The van der Waals surface area contributed by atoms with E-state index in [-0.39, 0.29) is 11.6 Å². The SMILES string of the molecule is O=C(O)c1ccnc(Nc2cc(C3CCC3)[nH]n2)n1. The lowest BCUT2D eigenvalue weighted by molar-refractivity contribution is 0.0690. The van der Waals surface area contributed by atoms with E-state index >= 15 is 0 Å². The first-order valence-electron chi connectivity index (χ1n) is 6.11. The van der Waals surface area contributed by atoms with E-state index in [1.165, 1.54) is 31.5 Å². The summed E-state index contributed by atoms with van der Waals surface area (Å²) < 4.78 is 0. The second-order valence-electron chi connectivity index (χ2n) is 4.53. The van der Waals surface area contributed by atoms with Gasteiger partial charge in [0, 0.05) is 23.9 Å². The highest BCUT2D eigenvalue weighted by Gasteiger charge is 2.21. The van der Waals surface area contributed by atoms with Crippen LogP contribution >= 0.6 is 0 Å². The van der Waals surface area contributed by atoms with E-state index in [9.17, 15) is 4.79 Å². The normalized spacial score (nSPS) is 14.9. The zero-order valence-corrected chi connectivity index (χ0v) is 10.1. The van der Waals surface area contributed by atoms with Crippen LogP contribution < -0.4 is 5.32 Å². The third-order valence-corrected chi connectivity index (χ3v) is 3.26. The number of hydrogen-bond acceptors (Lipinski definition) is 5. The number of hydrogen-bond donors (Lipinski definition) is 3. The van der Waals surface area contributed by atoms with Crippen molar-refractivity contribution in [3.63, 3.8) is 0 Å². The largest absolute Gasteiger partial charge is 0.477 e. The van der Waals surface area contributed by atoms with Crippen molar-refractivity contribution >= 4 is 17.7 Å². The summed E-state index contributed by atoms with van der Waals surface area (Å²) in [5, 5.41) is 18.9. The molecule has 0 atom stereocenters. The Bertz CT molecular complexity index is 606. The van der Waals surface area contributed by atoms with Crippen LogP contribution in [-0.2, 0) is 0 Å². The maximum Gasteiger partial charge on any atom is 0.354 e. The standard InChI is InChI=1S/C12H13N5O2/c18-11(19)8-4-5-13-12(14-8)15-10-6-9(16-17-10)7-2-1-3-7/h4-7H,1-3H2,(H,18,19)(H2,13,14,15,16,17). The number of aromatic nitrogens is 4. The lowest BCUT2D eigenvalue weighted by Crippen LogP contribution is -2.08. The highest BCUT2D eigenvalue weighted by atomic mass is 16.4.